The van der Waals surface area contributed by atoms with E-state index in [4.69, 9.17) is 37.4 Å². The number of fused-ring (bicyclic) bond motifs is 1. The predicted molar refractivity (Wildman–Crippen MR) is 154 cm³/mol. The Balaban J connectivity index is 1.73. The number of para-hydroxylation sites is 1. The number of anilines is 1. The zero-order valence-corrected chi connectivity index (χ0v) is 24.0. The lowest BCUT2D eigenvalue weighted by molar-refractivity contribution is -0.121. The molecule has 4 aromatic carbocycles. The summed E-state index contributed by atoms with van der Waals surface area (Å²) in [5.74, 6) is -0.551. The molecule has 0 bridgehead atoms. The minimum atomic E-state index is -4.64. The first-order valence-corrected chi connectivity index (χ1v) is 14.2. The molecular weight excluding hydrogens is 591 g/mol. The number of benzene rings is 4. The van der Waals surface area contributed by atoms with E-state index >= 15 is 0 Å². The fourth-order valence-corrected chi connectivity index (χ4v) is 6.73. The third-order valence-electron chi connectivity index (χ3n) is 6.50. The molecule has 1 heterocycles. The van der Waals surface area contributed by atoms with Gasteiger partial charge in [-0.3, -0.25) is 10.1 Å². The molecule has 1 aliphatic heterocycles. The number of rotatable bonds is 7. The summed E-state index contributed by atoms with van der Waals surface area (Å²) in [4.78, 5) is 27.6. The molecule has 0 saturated carbocycles. The molecule has 1 atom stereocenters. The highest BCUT2D eigenvalue weighted by Crippen LogP contribution is 2.50. The molecular formula is C29H22Cl2N2O7S. The number of nitrogens with one attached hydrogen (secondary N) is 1. The largest absolute Gasteiger partial charge is 0.497 e. The van der Waals surface area contributed by atoms with Gasteiger partial charge in [-0.2, -0.15) is 4.31 Å². The van der Waals surface area contributed by atoms with E-state index in [0.717, 1.165) is 0 Å². The van der Waals surface area contributed by atoms with E-state index in [-0.39, 0.29) is 43.3 Å². The normalized spacial score (nSPS) is 16.2. The van der Waals surface area contributed by atoms with Gasteiger partial charge in [-0.05, 0) is 48.5 Å². The maximum Gasteiger partial charge on any atom is 0.414 e. The summed E-state index contributed by atoms with van der Waals surface area (Å²) in [6, 6.07) is 22.7. The van der Waals surface area contributed by atoms with Crippen molar-refractivity contribution in [1.82, 2.24) is 5.32 Å². The van der Waals surface area contributed by atoms with Crippen molar-refractivity contribution in [3.63, 3.8) is 0 Å². The van der Waals surface area contributed by atoms with Crippen LogP contribution in [0.2, 0.25) is 10.0 Å². The lowest BCUT2D eigenvalue weighted by Crippen LogP contribution is -2.55. The Morgan fingerprint density at radius 3 is 2.22 bits per heavy atom. The highest BCUT2D eigenvalue weighted by atomic mass is 35.5. The molecule has 0 radical (unpaired) electrons. The number of hydrogen-bond donors (Lipinski definition) is 1. The molecule has 41 heavy (non-hydrogen) atoms. The van der Waals surface area contributed by atoms with Gasteiger partial charge in [-0.15, -0.1) is 0 Å². The van der Waals surface area contributed by atoms with E-state index in [1.54, 1.807) is 42.5 Å². The third kappa shape index (κ3) is 4.84. The van der Waals surface area contributed by atoms with Crippen LogP contribution in [0.1, 0.15) is 11.1 Å². The number of amides is 2. The number of methoxy groups -OCH3 is 2. The van der Waals surface area contributed by atoms with Crippen molar-refractivity contribution in [2.75, 3.05) is 18.5 Å². The van der Waals surface area contributed by atoms with Crippen molar-refractivity contribution >= 4 is 50.9 Å². The molecule has 0 aliphatic carbocycles. The van der Waals surface area contributed by atoms with Crippen LogP contribution in [0.25, 0.3) is 0 Å². The molecule has 1 aliphatic rings. The van der Waals surface area contributed by atoms with Gasteiger partial charge in [0.25, 0.3) is 15.9 Å². The van der Waals surface area contributed by atoms with Crippen LogP contribution in [0.15, 0.2) is 95.9 Å². The van der Waals surface area contributed by atoms with Crippen molar-refractivity contribution in [1.29, 1.82) is 0 Å². The Bertz CT molecular complexity index is 1770. The third-order valence-corrected chi connectivity index (χ3v) is 8.80. The monoisotopic (exact) mass is 612 g/mol. The summed E-state index contributed by atoms with van der Waals surface area (Å²) in [5.41, 5.74) is -2.00. The fourth-order valence-electron chi connectivity index (χ4n) is 4.68. The standard InChI is InChI=1S/C29H22Cl2N2O7S/c1-38-20-13-15-26(25(17-20)39-2)41(36,37)33-24-14-12-18(30)16-22(24)29(27(33)34,21-10-6-7-11-23(21)31)32-28(35)40-19-8-4-3-5-9-19/h3-17H,1-2H3,(H,32,35). The maximum absolute atomic E-state index is 14.6. The van der Waals surface area contributed by atoms with E-state index in [2.05, 4.69) is 5.32 Å². The van der Waals surface area contributed by atoms with Crippen LogP contribution < -0.4 is 23.8 Å². The molecule has 0 saturated heterocycles. The van der Waals surface area contributed by atoms with Crippen molar-refractivity contribution in [2.45, 2.75) is 10.4 Å². The topological polar surface area (TPSA) is 111 Å². The smallest absolute Gasteiger partial charge is 0.414 e. The van der Waals surface area contributed by atoms with Crippen LogP contribution in [0.5, 0.6) is 17.2 Å². The zero-order chi connectivity index (χ0) is 29.4. The average Bonchev–Trinajstić information content (AvgIpc) is 3.21. The first-order chi connectivity index (χ1) is 19.6. The quantitative estimate of drug-likeness (QED) is 0.282. The number of nitrogens with zero attached hydrogens (tertiary/aromatic N) is 1. The van der Waals surface area contributed by atoms with Gasteiger partial charge in [0.2, 0.25) is 0 Å². The van der Waals surface area contributed by atoms with Crippen LogP contribution >= 0.6 is 23.2 Å². The van der Waals surface area contributed by atoms with Crippen molar-refractivity contribution in [2.24, 2.45) is 0 Å². The van der Waals surface area contributed by atoms with E-state index in [0.29, 0.717) is 10.1 Å². The zero-order valence-electron chi connectivity index (χ0n) is 21.6. The Morgan fingerprint density at radius 2 is 1.54 bits per heavy atom. The van der Waals surface area contributed by atoms with E-state index < -0.39 is 27.6 Å². The van der Waals surface area contributed by atoms with Crippen LogP contribution in [-0.2, 0) is 20.4 Å². The molecule has 1 unspecified atom stereocenters. The average molecular weight is 613 g/mol. The predicted octanol–water partition coefficient (Wildman–Crippen LogP) is 5.78. The number of ether oxygens (including phenoxy) is 3. The van der Waals surface area contributed by atoms with Crippen LogP contribution in [0.4, 0.5) is 10.5 Å². The van der Waals surface area contributed by atoms with Gasteiger partial charge in [-0.1, -0.05) is 59.6 Å². The Labute approximate surface area is 246 Å². The lowest BCUT2D eigenvalue weighted by Gasteiger charge is -2.30. The second kappa shape index (κ2) is 11.0. The molecule has 9 nitrogen and oxygen atoms in total. The SMILES string of the molecule is COc1ccc(S(=O)(=O)N2C(=O)C(NC(=O)Oc3ccccc3)(c3ccccc3Cl)c3cc(Cl)ccc32)c(OC)c1. The van der Waals surface area contributed by atoms with Gasteiger partial charge >= 0.3 is 6.09 Å². The van der Waals surface area contributed by atoms with Gasteiger partial charge in [0.15, 0.2) is 5.54 Å². The second-order valence-corrected chi connectivity index (χ2v) is 11.4. The number of halogens is 2. The summed E-state index contributed by atoms with van der Waals surface area (Å²) in [6.07, 6.45) is -1.03. The summed E-state index contributed by atoms with van der Waals surface area (Å²) >= 11 is 13.0. The summed E-state index contributed by atoms with van der Waals surface area (Å²) in [6.45, 7) is 0. The molecule has 4 aromatic rings. The minimum absolute atomic E-state index is 0.0443. The summed E-state index contributed by atoms with van der Waals surface area (Å²) < 4.78 is 45.0. The first kappa shape index (κ1) is 28.3. The van der Waals surface area contributed by atoms with Gasteiger partial charge in [0.1, 0.15) is 22.1 Å². The molecule has 5 rings (SSSR count). The molecule has 0 aromatic heterocycles. The number of carbonyl (C=O) groups is 2. The minimum Gasteiger partial charge on any atom is -0.497 e. The highest BCUT2D eigenvalue weighted by molar-refractivity contribution is 7.93. The molecule has 210 valence electrons. The van der Waals surface area contributed by atoms with E-state index in [1.807, 2.05) is 0 Å². The van der Waals surface area contributed by atoms with Crippen LogP contribution in [0, 0.1) is 0 Å². The van der Waals surface area contributed by atoms with Gasteiger partial charge in [-0.25, -0.2) is 13.2 Å². The van der Waals surface area contributed by atoms with E-state index in [1.165, 1.54) is 62.8 Å². The first-order valence-electron chi connectivity index (χ1n) is 12.1. The lowest BCUT2D eigenvalue weighted by atomic mass is 9.84. The maximum atomic E-state index is 14.6. The van der Waals surface area contributed by atoms with Crippen LogP contribution in [-0.4, -0.2) is 34.6 Å². The fraction of sp³-hybridized carbons (Fsp3) is 0.103. The van der Waals surface area contributed by atoms with Crippen molar-refractivity contribution in [3.05, 3.63) is 112 Å². The van der Waals surface area contributed by atoms with Crippen molar-refractivity contribution < 1.29 is 32.2 Å². The molecule has 0 fully saturated rings. The molecule has 1 N–H and O–H groups in total. The number of sulfonamides is 1. The summed E-state index contributed by atoms with van der Waals surface area (Å²) in [5, 5.41) is 2.90. The summed E-state index contributed by atoms with van der Waals surface area (Å²) in [7, 11) is -1.93. The van der Waals surface area contributed by atoms with Gasteiger partial charge in [0.05, 0.1) is 19.9 Å². The Kier molecular flexibility index (Phi) is 7.56. The van der Waals surface area contributed by atoms with Gasteiger partial charge < -0.3 is 14.2 Å². The number of carbonyl (C=O) groups excluding carboxylic acids is 2. The molecule has 2 amide bonds. The second-order valence-electron chi connectivity index (χ2n) is 8.81. The number of hydrogen-bond acceptors (Lipinski definition) is 7. The molecule has 0 spiro atoms. The van der Waals surface area contributed by atoms with Gasteiger partial charge in [0, 0.05) is 27.2 Å². The Morgan fingerprint density at radius 1 is 0.829 bits per heavy atom. The van der Waals surface area contributed by atoms with Crippen molar-refractivity contribution in [3.8, 4) is 17.2 Å². The highest BCUT2D eigenvalue weighted by Gasteiger charge is 2.58. The van der Waals surface area contributed by atoms with E-state index in [9.17, 15) is 18.0 Å². The van der Waals surface area contributed by atoms with Crippen LogP contribution in [0.3, 0.4) is 0 Å². The molecule has 12 heteroatoms. The Hall–Kier alpha value is -4.25.